The van der Waals surface area contributed by atoms with Crippen molar-refractivity contribution in [2.24, 2.45) is 0 Å². The molecule has 0 spiro atoms. The molecule has 6 nitrogen and oxygen atoms in total. The number of ether oxygens (including phenoxy) is 2. The molecule has 0 unspecified atom stereocenters. The van der Waals surface area contributed by atoms with Crippen LogP contribution in [0, 0.1) is 0 Å². The molecule has 0 amide bonds. The van der Waals surface area contributed by atoms with Gasteiger partial charge in [0.05, 0.1) is 24.3 Å². The van der Waals surface area contributed by atoms with Gasteiger partial charge >= 0.3 is 11.9 Å². The molecule has 32 heavy (non-hydrogen) atoms. The SMILES string of the molecule is CCCOc1cc(-c2ccc(C(=O)O)cc2)c(OCCC)cc1-c1ccc(C(=O)O)cc1. The zero-order valence-corrected chi connectivity index (χ0v) is 18.1. The van der Waals surface area contributed by atoms with Crippen LogP contribution in [0.3, 0.4) is 0 Å². The van der Waals surface area contributed by atoms with E-state index in [2.05, 4.69) is 0 Å². The van der Waals surface area contributed by atoms with E-state index in [1.807, 2.05) is 26.0 Å². The minimum atomic E-state index is -0.980. The number of rotatable bonds is 10. The number of carboxylic acids is 2. The summed E-state index contributed by atoms with van der Waals surface area (Å²) in [6.07, 6.45) is 1.66. The first-order valence-electron chi connectivity index (χ1n) is 10.6. The Kier molecular flexibility index (Phi) is 7.49. The highest BCUT2D eigenvalue weighted by Gasteiger charge is 2.16. The van der Waals surface area contributed by atoms with Crippen LogP contribution in [0.1, 0.15) is 47.4 Å². The van der Waals surface area contributed by atoms with Crippen molar-refractivity contribution in [2.45, 2.75) is 26.7 Å². The van der Waals surface area contributed by atoms with Gasteiger partial charge in [0.25, 0.3) is 0 Å². The minimum Gasteiger partial charge on any atom is -0.493 e. The Morgan fingerprint density at radius 1 is 0.656 bits per heavy atom. The van der Waals surface area contributed by atoms with Gasteiger partial charge in [-0.1, -0.05) is 38.1 Å². The van der Waals surface area contributed by atoms with Gasteiger partial charge < -0.3 is 19.7 Å². The molecule has 0 atom stereocenters. The van der Waals surface area contributed by atoms with Crippen LogP contribution < -0.4 is 9.47 Å². The Labute approximate surface area is 187 Å². The van der Waals surface area contributed by atoms with Crippen LogP contribution in [-0.4, -0.2) is 35.4 Å². The Bertz CT molecular complexity index is 995. The zero-order valence-electron chi connectivity index (χ0n) is 18.1. The molecule has 0 aliphatic carbocycles. The molecule has 0 heterocycles. The summed E-state index contributed by atoms with van der Waals surface area (Å²) in [6.45, 7) is 5.08. The number of hydrogen-bond acceptors (Lipinski definition) is 4. The molecule has 0 bridgehead atoms. The van der Waals surface area contributed by atoms with Gasteiger partial charge in [0.2, 0.25) is 0 Å². The summed E-state index contributed by atoms with van der Waals surface area (Å²) in [5.74, 6) is -0.663. The van der Waals surface area contributed by atoms with E-state index in [4.69, 9.17) is 9.47 Å². The summed E-state index contributed by atoms with van der Waals surface area (Å²) in [7, 11) is 0. The number of benzene rings is 3. The lowest BCUT2D eigenvalue weighted by Crippen LogP contribution is -2.02. The molecule has 0 fully saturated rings. The van der Waals surface area contributed by atoms with Crippen molar-refractivity contribution < 1.29 is 29.3 Å². The number of carbonyl (C=O) groups is 2. The van der Waals surface area contributed by atoms with E-state index >= 15 is 0 Å². The summed E-state index contributed by atoms with van der Waals surface area (Å²) in [5.41, 5.74) is 3.65. The fourth-order valence-corrected chi connectivity index (χ4v) is 3.26. The molecular weight excluding hydrogens is 408 g/mol. The summed E-state index contributed by atoms with van der Waals surface area (Å²) >= 11 is 0. The molecule has 0 aliphatic rings. The number of carboxylic acid groups (broad SMARTS) is 2. The maximum atomic E-state index is 11.2. The third-order valence-electron chi connectivity index (χ3n) is 4.89. The highest BCUT2D eigenvalue weighted by molar-refractivity contribution is 5.90. The zero-order chi connectivity index (χ0) is 23.1. The molecule has 0 saturated heterocycles. The van der Waals surface area contributed by atoms with E-state index < -0.39 is 11.9 Å². The number of aromatic carboxylic acids is 2. The smallest absolute Gasteiger partial charge is 0.335 e. The first-order chi connectivity index (χ1) is 15.4. The van der Waals surface area contributed by atoms with E-state index in [0.717, 1.165) is 35.1 Å². The van der Waals surface area contributed by atoms with Gasteiger partial charge in [-0.15, -0.1) is 0 Å². The van der Waals surface area contributed by atoms with Crippen molar-refractivity contribution in [3.05, 3.63) is 71.8 Å². The maximum absolute atomic E-state index is 11.2. The fraction of sp³-hybridized carbons (Fsp3) is 0.231. The second-order valence-corrected chi connectivity index (χ2v) is 7.31. The summed E-state index contributed by atoms with van der Waals surface area (Å²) < 4.78 is 12.1. The molecule has 3 aromatic rings. The van der Waals surface area contributed by atoms with Crippen LogP contribution in [0.15, 0.2) is 60.7 Å². The van der Waals surface area contributed by atoms with E-state index in [0.29, 0.717) is 24.7 Å². The quantitative estimate of drug-likeness (QED) is 0.407. The van der Waals surface area contributed by atoms with Crippen molar-refractivity contribution in [2.75, 3.05) is 13.2 Å². The highest BCUT2D eigenvalue weighted by atomic mass is 16.5. The van der Waals surface area contributed by atoms with Crippen LogP contribution in [0.2, 0.25) is 0 Å². The monoisotopic (exact) mass is 434 g/mol. The van der Waals surface area contributed by atoms with E-state index in [1.54, 1.807) is 48.5 Å². The average Bonchev–Trinajstić information content (AvgIpc) is 2.81. The predicted molar refractivity (Wildman–Crippen MR) is 123 cm³/mol. The van der Waals surface area contributed by atoms with Crippen molar-refractivity contribution >= 4 is 11.9 Å². The fourth-order valence-electron chi connectivity index (χ4n) is 3.26. The van der Waals surface area contributed by atoms with Gasteiger partial charge in [0, 0.05) is 11.1 Å². The van der Waals surface area contributed by atoms with Gasteiger partial charge in [0.15, 0.2) is 0 Å². The van der Waals surface area contributed by atoms with Gasteiger partial charge in [0.1, 0.15) is 11.5 Å². The third-order valence-corrected chi connectivity index (χ3v) is 4.89. The minimum absolute atomic E-state index is 0.211. The van der Waals surface area contributed by atoms with Crippen LogP contribution in [-0.2, 0) is 0 Å². The van der Waals surface area contributed by atoms with E-state index in [1.165, 1.54) is 0 Å². The first-order valence-corrected chi connectivity index (χ1v) is 10.6. The molecule has 2 N–H and O–H groups in total. The van der Waals surface area contributed by atoms with Crippen LogP contribution >= 0.6 is 0 Å². The second-order valence-electron chi connectivity index (χ2n) is 7.31. The van der Waals surface area contributed by atoms with Gasteiger partial charge in [-0.2, -0.15) is 0 Å². The molecule has 166 valence electrons. The number of hydrogen-bond donors (Lipinski definition) is 2. The second kappa shape index (κ2) is 10.5. The van der Waals surface area contributed by atoms with Crippen molar-refractivity contribution in [3.8, 4) is 33.8 Å². The lowest BCUT2D eigenvalue weighted by atomic mass is 9.96. The lowest BCUT2D eigenvalue weighted by molar-refractivity contribution is 0.0686. The van der Waals surface area contributed by atoms with Crippen molar-refractivity contribution in [1.82, 2.24) is 0 Å². The Morgan fingerprint density at radius 3 is 1.28 bits per heavy atom. The highest BCUT2D eigenvalue weighted by Crippen LogP contribution is 2.41. The molecule has 0 aromatic heterocycles. The Hall–Kier alpha value is -3.80. The Balaban J connectivity index is 2.14. The molecule has 0 radical (unpaired) electrons. The Morgan fingerprint density at radius 2 is 1.00 bits per heavy atom. The molecule has 3 rings (SSSR count). The van der Waals surface area contributed by atoms with Crippen LogP contribution in [0.5, 0.6) is 11.5 Å². The summed E-state index contributed by atoms with van der Waals surface area (Å²) in [5, 5.41) is 18.4. The standard InChI is InChI=1S/C26H26O6/c1-3-13-31-23-15-22(18-7-11-20(12-8-18)26(29)30)24(32-14-4-2)16-21(23)17-5-9-19(10-6-17)25(27)28/h5-12,15-16H,3-4,13-14H2,1-2H3,(H,27,28)(H,29,30). The van der Waals surface area contributed by atoms with Gasteiger partial charge in [-0.25, -0.2) is 9.59 Å². The molecular formula is C26H26O6. The topological polar surface area (TPSA) is 93.1 Å². The predicted octanol–water partition coefficient (Wildman–Crippen LogP) is 5.99. The van der Waals surface area contributed by atoms with E-state index in [9.17, 15) is 19.8 Å². The lowest BCUT2D eigenvalue weighted by Gasteiger charge is -2.18. The first kappa shape index (κ1) is 22.9. The summed E-state index contributed by atoms with van der Waals surface area (Å²) in [6, 6.07) is 17.1. The normalized spacial score (nSPS) is 10.6. The molecule has 6 heteroatoms. The van der Waals surface area contributed by atoms with Gasteiger partial charge in [-0.05, 0) is 60.4 Å². The molecule has 0 aliphatic heterocycles. The van der Waals surface area contributed by atoms with E-state index in [-0.39, 0.29) is 11.1 Å². The van der Waals surface area contributed by atoms with Gasteiger partial charge in [-0.3, -0.25) is 0 Å². The average molecular weight is 434 g/mol. The largest absolute Gasteiger partial charge is 0.493 e. The third kappa shape index (κ3) is 5.27. The molecule has 3 aromatic carbocycles. The van der Waals surface area contributed by atoms with Crippen LogP contribution in [0.25, 0.3) is 22.3 Å². The van der Waals surface area contributed by atoms with Crippen molar-refractivity contribution in [3.63, 3.8) is 0 Å². The summed E-state index contributed by atoms with van der Waals surface area (Å²) in [4.78, 5) is 22.4. The maximum Gasteiger partial charge on any atom is 0.335 e. The van der Waals surface area contributed by atoms with Crippen LogP contribution in [0.4, 0.5) is 0 Å². The van der Waals surface area contributed by atoms with Crippen molar-refractivity contribution in [1.29, 1.82) is 0 Å². The molecule has 0 saturated carbocycles.